The summed E-state index contributed by atoms with van der Waals surface area (Å²) in [7, 11) is -1.62. The Morgan fingerprint density at radius 2 is 2.00 bits per heavy atom. The number of hydrogen-bond acceptors (Lipinski definition) is 2. The number of ether oxygens (including phenoxy) is 1. The molecule has 0 amide bonds. The van der Waals surface area contributed by atoms with Gasteiger partial charge in [0.25, 0.3) is 0 Å². The van der Waals surface area contributed by atoms with E-state index in [1.165, 1.54) is 0 Å². The van der Waals surface area contributed by atoms with Gasteiger partial charge in [-0.05, 0) is 24.6 Å². The fraction of sp³-hybridized carbons (Fsp3) is 0.833. The second-order valence-corrected chi connectivity index (χ2v) is 10.5. The fourth-order valence-electron chi connectivity index (χ4n) is 1.31. The van der Waals surface area contributed by atoms with Crippen LogP contribution in [0.4, 0.5) is 0 Å². The van der Waals surface area contributed by atoms with Gasteiger partial charge in [-0.3, -0.25) is 0 Å². The van der Waals surface area contributed by atoms with Gasteiger partial charge in [0.15, 0.2) is 8.32 Å². The third-order valence-corrected chi connectivity index (χ3v) is 7.87. The molecule has 0 aromatic rings. The molecule has 88 valence electrons. The van der Waals surface area contributed by atoms with Gasteiger partial charge in [-0.2, -0.15) is 0 Å². The lowest BCUT2D eigenvalue weighted by atomic mass is 10.2. The normalized spacial score (nSPS) is 23.9. The SMILES string of the molecule is CC(C)(C)[Si](C)(C)OC1C=CCOCC1. The Hall–Kier alpha value is -0.123. The molecule has 1 unspecified atom stereocenters. The molecule has 0 spiro atoms. The maximum Gasteiger partial charge on any atom is 0.192 e. The molecule has 0 fully saturated rings. The lowest BCUT2D eigenvalue weighted by molar-refractivity contribution is 0.130. The summed E-state index contributed by atoms with van der Waals surface area (Å²) in [4.78, 5) is 0. The molecule has 1 heterocycles. The first-order valence-electron chi connectivity index (χ1n) is 5.75. The van der Waals surface area contributed by atoms with Crippen molar-refractivity contribution in [1.29, 1.82) is 0 Å². The van der Waals surface area contributed by atoms with Gasteiger partial charge >= 0.3 is 0 Å². The molecule has 1 atom stereocenters. The molecule has 0 N–H and O–H groups in total. The highest BCUT2D eigenvalue weighted by Gasteiger charge is 2.38. The van der Waals surface area contributed by atoms with E-state index in [2.05, 4.69) is 46.0 Å². The van der Waals surface area contributed by atoms with E-state index in [1.54, 1.807) is 0 Å². The van der Waals surface area contributed by atoms with Gasteiger partial charge < -0.3 is 9.16 Å². The van der Waals surface area contributed by atoms with Crippen molar-refractivity contribution in [3.05, 3.63) is 12.2 Å². The van der Waals surface area contributed by atoms with E-state index >= 15 is 0 Å². The Labute approximate surface area is 94.8 Å². The third kappa shape index (κ3) is 3.74. The van der Waals surface area contributed by atoms with Crippen LogP contribution in [0.25, 0.3) is 0 Å². The summed E-state index contributed by atoms with van der Waals surface area (Å²) in [6, 6.07) is 0. The van der Waals surface area contributed by atoms with E-state index in [4.69, 9.17) is 9.16 Å². The minimum absolute atomic E-state index is 0.258. The highest BCUT2D eigenvalue weighted by Crippen LogP contribution is 2.37. The third-order valence-electron chi connectivity index (χ3n) is 3.36. The Morgan fingerprint density at radius 3 is 2.60 bits per heavy atom. The largest absolute Gasteiger partial charge is 0.410 e. The van der Waals surface area contributed by atoms with Gasteiger partial charge in [0.05, 0.1) is 12.7 Å². The predicted octanol–water partition coefficient (Wildman–Crippen LogP) is 3.35. The maximum atomic E-state index is 6.30. The van der Waals surface area contributed by atoms with Crippen LogP contribution in [-0.4, -0.2) is 27.6 Å². The van der Waals surface area contributed by atoms with Crippen LogP contribution >= 0.6 is 0 Å². The molecule has 0 saturated carbocycles. The second-order valence-electron chi connectivity index (χ2n) is 5.71. The highest BCUT2D eigenvalue weighted by molar-refractivity contribution is 6.74. The monoisotopic (exact) mass is 228 g/mol. The first-order valence-corrected chi connectivity index (χ1v) is 8.66. The molecule has 0 saturated heterocycles. The molecule has 0 radical (unpaired) electrons. The molecule has 3 heteroatoms. The van der Waals surface area contributed by atoms with Crippen LogP contribution in [0.3, 0.4) is 0 Å². The van der Waals surface area contributed by atoms with E-state index < -0.39 is 8.32 Å². The van der Waals surface area contributed by atoms with Crippen LogP contribution in [0.15, 0.2) is 12.2 Å². The molecule has 1 rings (SSSR count). The first-order chi connectivity index (χ1) is 6.83. The van der Waals surface area contributed by atoms with Gasteiger partial charge in [-0.15, -0.1) is 0 Å². The second kappa shape index (κ2) is 4.81. The molecular formula is C12H24O2Si. The smallest absolute Gasteiger partial charge is 0.192 e. The molecule has 0 bridgehead atoms. The van der Waals surface area contributed by atoms with E-state index in [9.17, 15) is 0 Å². The van der Waals surface area contributed by atoms with Gasteiger partial charge in [-0.1, -0.05) is 32.9 Å². The molecule has 0 aromatic carbocycles. The zero-order chi connectivity index (χ0) is 11.5. The zero-order valence-corrected chi connectivity index (χ0v) is 11.7. The van der Waals surface area contributed by atoms with E-state index in [0.29, 0.717) is 0 Å². The van der Waals surface area contributed by atoms with Crippen molar-refractivity contribution in [1.82, 2.24) is 0 Å². The summed E-state index contributed by atoms with van der Waals surface area (Å²) in [6.45, 7) is 13.0. The van der Waals surface area contributed by atoms with Crippen molar-refractivity contribution in [3.63, 3.8) is 0 Å². The van der Waals surface area contributed by atoms with Crippen LogP contribution in [-0.2, 0) is 9.16 Å². The first kappa shape index (κ1) is 12.9. The van der Waals surface area contributed by atoms with Crippen LogP contribution in [0.2, 0.25) is 18.1 Å². The Kier molecular flexibility index (Phi) is 4.15. The van der Waals surface area contributed by atoms with Crippen LogP contribution in [0.5, 0.6) is 0 Å². The van der Waals surface area contributed by atoms with Gasteiger partial charge in [0.1, 0.15) is 0 Å². The predicted molar refractivity (Wildman–Crippen MR) is 66.6 cm³/mol. The van der Waals surface area contributed by atoms with Crippen molar-refractivity contribution in [3.8, 4) is 0 Å². The zero-order valence-electron chi connectivity index (χ0n) is 10.7. The lowest BCUT2D eigenvalue weighted by Gasteiger charge is -2.38. The van der Waals surface area contributed by atoms with Crippen LogP contribution in [0.1, 0.15) is 27.2 Å². The van der Waals surface area contributed by atoms with E-state index in [1.807, 2.05) is 0 Å². The molecule has 1 aliphatic rings. The fourth-order valence-corrected chi connectivity index (χ4v) is 2.61. The van der Waals surface area contributed by atoms with Crippen molar-refractivity contribution >= 4 is 8.32 Å². The molecule has 1 aliphatic heterocycles. The van der Waals surface area contributed by atoms with Crippen molar-refractivity contribution in [2.45, 2.75) is 51.4 Å². The average molecular weight is 228 g/mol. The van der Waals surface area contributed by atoms with Gasteiger partial charge in [0.2, 0.25) is 0 Å². The summed E-state index contributed by atoms with van der Waals surface area (Å²) in [5.41, 5.74) is 0. The standard InChI is InChI=1S/C12H24O2Si/c1-12(2,3)15(4,5)14-11-7-6-9-13-10-8-11/h6-7,11H,8-10H2,1-5H3. The number of rotatable bonds is 2. The minimum Gasteiger partial charge on any atom is -0.410 e. The van der Waals surface area contributed by atoms with Gasteiger partial charge in [-0.25, -0.2) is 0 Å². The number of hydrogen-bond donors (Lipinski definition) is 0. The van der Waals surface area contributed by atoms with Crippen LogP contribution < -0.4 is 0 Å². The quantitative estimate of drug-likeness (QED) is 0.533. The Morgan fingerprint density at radius 1 is 1.33 bits per heavy atom. The molecule has 0 aliphatic carbocycles. The molecule has 0 aromatic heterocycles. The van der Waals surface area contributed by atoms with Crippen LogP contribution in [0, 0.1) is 0 Å². The average Bonchev–Trinajstić information content (AvgIpc) is 2.30. The van der Waals surface area contributed by atoms with E-state index in [-0.39, 0.29) is 11.1 Å². The van der Waals surface area contributed by atoms with Crippen molar-refractivity contribution in [2.24, 2.45) is 0 Å². The molecular weight excluding hydrogens is 204 g/mol. The lowest BCUT2D eigenvalue weighted by Crippen LogP contribution is -2.43. The van der Waals surface area contributed by atoms with Crippen molar-refractivity contribution < 1.29 is 9.16 Å². The Balaban J connectivity index is 2.59. The Bertz CT molecular complexity index is 228. The summed E-state index contributed by atoms with van der Waals surface area (Å²) in [5, 5.41) is 0.286. The summed E-state index contributed by atoms with van der Waals surface area (Å²) in [6.07, 6.45) is 5.48. The molecule has 15 heavy (non-hydrogen) atoms. The topological polar surface area (TPSA) is 18.5 Å². The van der Waals surface area contributed by atoms with Gasteiger partial charge in [0, 0.05) is 6.61 Å². The summed E-state index contributed by atoms with van der Waals surface area (Å²) in [5.74, 6) is 0. The van der Waals surface area contributed by atoms with E-state index in [0.717, 1.165) is 19.6 Å². The maximum absolute atomic E-state index is 6.30. The highest BCUT2D eigenvalue weighted by atomic mass is 28.4. The van der Waals surface area contributed by atoms with Crippen molar-refractivity contribution in [2.75, 3.05) is 13.2 Å². The minimum atomic E-state index is -1.62. The summed E-state index contributed by atoms with van der Waals surface area (Å²) < 4.78 is 11.7. The summed E-state index contributed by atoms with van der Waals surface area (Å²) >= 11 is 0. The molecule has 2 nitrogen and oxygen atoms in total.